The third kappa shape index (κ3) is 4.17. The quantitative estimate of drug-likeness (QED) is 0.256. The van der Waals surface area contributed by atoms with Crippen LogP contribution in [-0.2, 0) is 0 Å². The van der Waals surface area contributed by atoms with Crippen molar-refractivity contribution in [2.75, 3.05) is 17.3 Å². The van der Waals surface area contributed by atoms with Gasteiger partial charge < -0.3 is 15.0 Å². The van der Waals surface area contributed by atoms with E-state index in [4.69, 9.17) is 19.8 Å². The highest BCUT2D eigenvalue weighted by molar-refractivity contribution is 6.51. The second kappa shape index (κ2) is 9.78. The molecule has 2 aliphatic rings. The molecule has 0 spiro atoms. The lowest BCUT2D eigenvalue weighted by Gasteiger charge is -2.41. The lowest BCUT2D eigenvalue weighted by Crippen LogP contribution is -2.46. The van der Waals surface area contributed by atoms with Crippen molar-refractivity contribution < 1.29 is 4.74 Å². The minimum absolute atomic E-state index is 0.151. The number of para-hydroxylation sites is 2. The lowest BCUT2D eigenvalue weighted by atomic mass is 9.90. The average Bonchev–Trinajstić information content (AvgIpc) is 3.33. The molecule has 0 saturated carbocycles. The zero-order valence-electron chi connectivity index (χ0n) is 23.5. The molecule has 4 aromatic carbocycles. The number of aromatic nitrogens is 2. The Bertz CT molecular complexity index is 1830. The van der Waals surface area contributed by atoms with Crippen molar-refractivity contribution in [3.05, 3.63) is 125 Å². The molecule has 7 nitrogen and oxygen atoms in total. The molecule has 7 heteroatoms. The van der Waals surface area contributed by atoms with E-state index < -0.39 is 0 Å². The summed E-state index contributed by atoms with van der Waals surface area (Å²) in [5.74, 6) is 3.03. The first-order valence-electron chi connectivity index (χ1n) is 13.7. The number of nitrogens with one attached hydrogen (secondary N) is 1. The van der Waals surface area contributed by atoms with Gasteiger partial charge in [0.05, 0.1) is 35.9 Å². The Morgan fingerprint density at radius 2 is 1.51 bits per heavy atom. The van der Waals surface area contributed by atoms with Gasteiger partial charge in [-0.05, 0) is 80.4 Å². The van der Waals surface area contributed by atoms with Gasteiger partial charge in [0.2, 0.25) is 0 Å². The number of anilines is 2. The number of aryl methyl sites for hydroxylation is 3. The smallest absolute Gasteiger partial charge is 0.179 e. The van der Waals surface area contributed by atoms with Crippen LogP contribution in [0.1, 0.15) is 34.0 Å². The number of benzene rings is 4. The normalized spacial score (nSPS) is 15.3. The Morgan fingerprint density at radius 1 is 0.780 bits per heavy atom. The van der Waals surface area contributed by atoms with Gasteiger partial charge in [-0.3, -0.25) is 0 Å². The molecule has 0 bridgehead atoms. The highest BCUT2D eigenvalue weighted by Crippen LogP contribution is 2.48. The van der Waals surface area contributed by atoms with Gasteiger partial charge in [0, 0.05) is 11.3 Å². The van der Waals surface area contributed by atoms with Crippen LogP contribution in [0.4, 0.5) is 22.9 Å². The molecular formula is C34H30N6O. The van der Waals surface area contributed by atoms with Crippen LogP contribution in [0.2, 0.25) is 0 Å². The van der Waals surface area contributed by atoms with Gasteiger partial charge in [0.1, 0.15) is 5.75 Å². The summed E-state index contributed by atoms with van der Waals surface area (Å²) in [5.41, 5.74) is 9.40. The van der Waals surface area contributed by atoms with E-state index in [0.29, 0.717) is 5.84 Å². The Morgan fingerprint density at radius 3 is 2.27 bits per heavy atom. The van der Waals surface area contributed by atoms with Crippen LogP contribution in [0.15, 0.2) is 107 Å². The minimum Gasteiger partial charge on any atom is -0.497 e. The Kier molecular flexibility index (Phi) is 5.93. The zero-order chi connectivity index (χ0) is 28.1. The van der Waals surface area contributed by atoms with Crippen molar-refractivity contribution in [1.29, 1.82) is 0 Å². The molecule has 7 rings (SSSR count). The van der Waals surface area contributed by atoms with Crippen molar-refractivity contribution in [1.82, 2.24) is 9.78 Å². The van der Waals surface area contributed by atoms with Gasteiger partial charge in [0.15, 0.2) is 17.5 Å². The molecule has 2 aliphatic heterocycles. The summed E-state index contributed by atoms with van der Waals surface area (Å²) in [6, 6.07) is 32.9. The Hall–Kier alpha value is -5.17. The van der Waals surface area contributed by atoms with Gasteiger partial charge in [-0.2, -0.15) is 5.10 Å². The van der Waals surface area contributed by atoms with E-state index in [-0.39, 0.29) is 6.04 Å². The molecule has 0 radical (unpaired) electrons. The van der Waals surface area contributed by atoms with Gasteiger partial charge in [0.25, 0.3) is 0 Å². The molecule has 0 amide bonds. The predicted molar refractivity (Wildman–Crippen MR) is 166 cm³/mol. The molecule has 41 heavy (non-hydrogen) atoms. The number of fused-ring (bicyclic) bond motifs is 4. The van der Waals surface area contributed by atoms with E-state index in [0.717, 1.165) is 51.4 Å². The Balaban J connectivity index is 1.48. The molecule has 0 aliphatic carbocycles. The molecule has 5 aromatic rings. The lowest BCUT2D eigenvalue weighted by molar-refractivity contribution is 0.415. The average molecular weight is 539 g/mol. The third-order valence-electron chi connectivity index (χ3n) is 7.75. The van der Waals surface area contributed by atoms with Crippen molar-refractivity contribution in [3.63, 3.8) is 0 Å². The summed E-state index contributed by atoms with van der Waals surface area (Å²) < 4.78 is 7.33. The highest BCUT2D eigenvalue weighted by Gasteiger charge is 2.41. The summed E-state index contributed by atoms with van der Waals surface area (Å²) in [5, 5.41) is 8.60. The van der Waals surface area contributed by atoms with Crippen LogP contribution >= 0.6 is 0 Å². The Labute approximate surface area is 239 Å². The molecule has 0 fully saturated rings. The topological polar surface area (TPSA) is 67.0 Å². The first-order valence-corrected chi connectivity index (χ1v) is 13.7. The van der Waals surface area contributed by atoms with Gasteiger partial charge in [-0.15, -0.1) is 0 Å². The summed E-state index contributed by atoms with van der Waals surface area (Å²) in [6.07, 6.45) is 0. The van der Waals surface area contributed by atoms with Crippen molar-refractivity contribution in [3.8, 4) is 11.4 Å². The van der Waals surface area contributed by atoms with Crippen molar-refractivity contribution >= 4 is 34.6 Å². The first kappa shape index (κ1) is 24.8. The number of hydrogen-bond acceptors (Lipinski definition) is 6. The number of rotatable bonds is 4. The molecule has 1 atom stereocenters. The fourth-order valence-electron chi connectivity index (χ4n) is 5.66. The molecule has 0 saturated heterocycles. The van der Waals surface area contributed by atoms with E-state index in [1.165, 1.54) is 16.7 Å². The van der Waals surface area contributed by atoms with Crippen LogP contribution in [-0.4, -0.2) is 28.6 Å². The largest absolute Gasteiger partial charge is 0.497 e. The summed E-state index contributed by atoms with van der Waals surface area (Å²) >= 11 is 0. The maximum Gasteiger partial charge on any atom is 0.179 e. The minimum atomic E-state index is -0.151. The van der Waals surface area contributed by atoms with Crippen LogP contribution in [0, 0.1) is 20.8 Å². The first-order chi connectivity index (χ1) is 20.0. The number of aliphatic imine (C=N–C) groups is 2. The number of methoxy groups -OCH3 is 1. The predicted octanol–water partition coefficient (Wildman–Crippen LogP) is 7.60. The number of hydrogen-bond donors (Lipinski definition) is 1. The van der Waals surface area contributed by atoms with Crippen molar-refractivity contribution in [2.24, 2.45) is 9.98 Å². The number of amidine groups is 2. The highest BCUT2D eigenvalue weighted by atomic mass is 16.5. The molecule has 3 heterocycles. The number of nitrogens with zero attached hydrogens (tertiary/aromatic N) is 5. The van der Waals surface area contributed by atoms with E-state index in [1.807, 2.05) is 35.0 Å². The fourth-order valence-corrected chi connectivity index (χ4v) is 5.66. The molecular weight excluding hydrogens is 508 g/mol. The second-order valence-electron chi connectivity index (χ2n) is 10.4. The molecule has 202 valence electrons. The summed E-state index contributed by atoms with van der Waals surface area (Å²) in [4.78, 5) is 12.7. The standard InChI is InChI=1S/C34H30N6O/c1-21-13-17-25(18-14-21)40-33-30(23(3)38-40)31(27-10-6-5-9-22(27)2)39-29-12-8-7-11-28(29)36-32(34(39)37-33)35-24-15-19-26(41-4)20-16-24/h5-20,31H,1-4H3,(H,35,36)/t31-/m1/s1. The van der Waals surface area contributed by atoms with E-state index in [9.17, 15) is 0 Å². The SMILES string of the molecule is COc1ccc(NC2=Nc3ccccc3N3C2=Nc2c(c(C)nn2-c2ccc(C)cc2)[C@H]3c2ccccc2C)cc1. The van der Waals surface area contributed by atoms with Crippen LogP contribution < -0.4 is 15.0 Å². The maximum absolute atomic E-state index is 5.37. The van der Waals surface area contributed by atoms with Crippen molar-refractivity contribution in [2.45, 2.75) is 26.8 Å². The van der Waals surface area contributed by atoms with Crippen LogP contribution in [0.25, 0.3) is 5.69 Å². The molecule has 1 aromatic heterocycles. The van der Waals surface area contributed by atoms with E-state index in [2.05, 4.69) is 97.7 Å². The van der Waals surface area contributed by atoms with E-state index in [1.54, 1.807) is 7.11 Å². The fraction of sp³-hybridized carbons (Fsp3) is 0.147. The van der Waals surface area contributed by atoms with Crippen LogP contribution in [0.3, 0.4) is 0 Å². The molecule has 0 unspecified atom stereocenters. The third-order valence-corrected chi connectivity index (χ3v) is 7.75. The van der Waals surface area contributed by atoms with Gasteiger partial charge in [-0.25, -0.2) is 14.7 Å². The zero-order valence-corrected chi connectivity index (χ0v) is 23.5. The number of ether oxygens (including phenoxy) is 1. The van der Waals surface area contributed by atoms with Gasteiger partial charge >= 0.3 is 0 Å². The molecule has 1 N–H and O–H groups in total. The summed E-state index contributed by atoms with van der Waals surface area (Å²) in [6.45, 7) is 6.34. The monoisotopic (exact) mass is 538 g/mol. The van der Waals surface area contributed by atoms with Gasteiger partial charge in [-0.1, -0.05) is 54.1 Å². The van der Waals surface area contributed by atoms with E-state index >= 15 is 0 Å². The second-order valence-corrected chi connectivity index (χ2v) is 10.4. The maximum atomic E-state index is 5.37. The van der Waals surface area contributed by atoms with Crippen LogP contribution in [0.5, 0.6) is 5.75 Å². The summed E-state index contributed by atoms with van der Waals surface area (Å²) in [7, 11) is 1.67.